The molecule has 0 unspecified atom stereocenters. The lowest BCUT2D eigenvalue weighted by Gasteiger charge is -1.99. The molecule has 0 amide bonds. The molecule has 68 valence electrons. The van der Waals surface area contributed by atoms with Crippen LogP contribution in [0.1, 0.15) is 44.9 Å². The molecule has 2 heteroatoms. The predicted octanol–water partition coefficient (Wildman–Crippen LogP) is 2.74. The average molecular weight is 168 g/mol. The van der Waals surface area contributed by atoms with Gasteiger partial charge in [0.25, 0.3) is 0 Å². The van der Waals surface area contributed by atoms with E-state index in [0.717, 1.165) is 19.3 Å². The Kier molecular flexibility index (Phi) is 3.85. The van der Waals surface area contributed by atoms with E-state index in [2.05, 4.69) is 6.08 Å². The van der Waals surface area contributed by atoms with Gasteiger partial charge in [-0.2, -0.15) is 0 Å². The fourth-order valence-electron chi connectivity index (χ4n) is 1.59. The molecule has 0 saturated carbocycles. The van der Waals surface area contributed by atoms with Gasteiger partial charge in [-0.1, -0.05) is 11.6 Å². The molecule has 1 aliphatic carbocycles. The third-order valence-electron chi connectivity index (χ3n) is 2.27. The van der Waals surface area contributed by atoms with Crippen LogP contribution in [0.5, 0.6) is 0 Å². The minimum Gasteiger partial charge on any atom is -0.481 e. The van der Waals surface area contributed by atoms with Crippen molar-refractivity contribution in [1.29, 1.82) is 0 Å². The van der Waals surface area contributed by atoms with E-state index in [9.17, 15) is 4.79 Å². The zero-order valence-electron chi connectivity index (χ0n) is 7.38. The highest BCUT2D eigenvalue weighted by molar-refractivity contribution is 5.66. The molecule has 0 atom stereocenters. The maximum Gasteiger partial charge on any atom is 0.303 e. The number of carboxylic acids is 1. The van der Waals surface area contributed by atoms with Crippen molar-refractivity contribution in [1.82, 2.24) is 0 Å². The minimum atomic E-state index is -0.671. The van der Waals surface area contributed by atoms with Crippen molar-refractivity contribution in [2.75, 3.05) is 0 Å². The Morgan fingerprint density at radius 3 is 2.92 bits per heavy atom. The molecule has 0 aromatic carbocycles. The summed E-state index contributed by atoms with van der Waals surface area (Å²) in [5, 5.41) is 8.39. The third-order valence-corrected chi connectivity index (χ3v) is 2.27. The number of carbonyl (C=O) groups is 1. The Hall–Kier alpha value is -0.790. The number of hydrogen-bond donors (Lipinski definition) is 1. The molecule has 0 bridgehead atoms. The van der Waals surface area contributed by atoms with Crippen LogP contribution >= 0.6 is 0 Å². The van der Waals surface area contributed by atoms with Crippen molar-refractivity contribution in [3.05, 3.63) is 11.6 Å². The molecule has 12 heavy (non-hydrogen) atoms. The predicted molar refractivity (Wildman–Crippen MR) is 48.0 cm³/mol. The van der Waals surface area contributed by atoms with Crippen LogP contribution in [0.15, 0.2) is 11.6 Å². The van der Waals surface area contributed by atoms with Gasteiger partial charge in [0.05, 0.1) is 0 Å². The number of allylic oxidation sites excluding steroid dienone is 2. The van der Waals surface area contributed by atoms with Crippen molar-refractivity contribution in [3.63, 3.8) is 0 Å². The largest absolute Gasteiger partial charge is 0.481 e. The van der Waals surface area contributed by atoms with Crippen LogP contribution in [-0.2, 0) is 4.79 Å². The summed E-state index contributed by atoms with van der Waals surface area (Å²) in [6.45, 7) is 0. The lowest BCUT2D eigenvalue weighted by Crippen LogP contribution is -1.93. The monoisotopic (exact) mass is 168 g/mol. The van der Waals surface area contributed by atoms with E-state index >= 15 is 0 Å². The summed E-state index contributed by atoms with van der Waals surface area (Å²) in [5.74, 6) is -0.671. The first-order valence-electron chi connectivity index (χ1n) is 4.69. The normalized spacial score (nSPS) is 16.2. The van der Waals surface area contributed by atoms with Crippen LogP contribution in [0.4, 0.5) is 0 Å². The molecule has 0 radical (unpaired) electrons. The van der Waals surface area contributed by atoms with Gasteiger partial charge in [0, 0.05) is 6.42 Å². The van der Waals surface area contributed by atoms with Crippen molar-refractivity contribution in [2.45, 2.75) is 44.9 Å². The maximum absolute atomic E-state index is 10.2. The van der Waals surface area contributed by atoms with Gasteiger partial charge in [-0.3, -0.25) is 4.79 Å². The highest BCUT2D eigenvalue weighted by Gasteiger charge is 2.04. The molecular weight excluding hydrogens is 152 g/mol. The summed E-state index contributed by atoms with van der Waals surface area (Å²) in [6, 6.07) is 0. The van der Waals surface area contributed by atoms with Gasteiger partial charge >= 0.3 is 5.97 Å². The summed E-state index contributed by atoms with van der Waals surface area (Å²) in [6.07, 6.45) is 9.39. The fraction of sp³-hybridized carbons (Fsp3) is 0.700. The Labute approximate surface area is 73.3 Å². The standard InChI is InChI=1S/C10H16O2/c11-10(12)8-4-3-7-9-5-1-2-6-9/h5H,1-4,6-8H2,(H,11,12). The van der Waals surface area contributed by atoms with Crippen LogP contribution in [0.2, 0.25) is 0 Å². The van der Waals surface area contributed by atoms with Gasteiger partial charge in [-0.05, 0) is 38.5 Å². The molecule has 0 saturated heterocycles. The maximum atomic E-state index is 10.2. The van der Waals surface area contributed by atoms with E-state index in [1.165, 1.54) is 19.3 Å². The van der Waals surface area contributed by atoms with E-state index in [-0.39, 0.29) is 0 Å². The zero-order valence-corrected chi connectivity index (χ0v) is 7.38. The van der Waals surface area contributed by atoms with Crippen molar-refractivity contribution in [2.24, 2.45) is 0 Å². The van der Waals surface area contributed by atoms with Crippen LogP contribution < -0.4 is 0 Å². The molecule has 1 rings (SSSR count). The third kappa shape index (κ3) is 3.56. The topological polar surface area (TPSA) is 37.3 Å². The van der Waals surface area contributed by atoms with Gasteiger partial charge in [0.15, 0.2) is 0 Å². The number of rotatable bonds is 5. The van der Waals surface area contributed by atoms with E-state index in [4.69, 9.17) is 5.11 Å². The molecule has 2 nitrogen and oxygen atoms in total. The van der Waals surface area contributed by atoms with Gasteiger partial charge in [-0.25, -0.2) is 0 Å². The summed E-state index contributed by atoms with van der Waals surface area (Å²) in [7, 11) is 0. The highest BCUT2D eigenvalue weighted by Crippen LogP contribution is 2.22. The second-order valence-corrected chi connectivity index (χ2v) is 3.36. The van der Waals surface area contributed by atoms with Crippen LogP contribution in [0, 0.1) is 0 Å². The lowest BCUT2D eigenvalue weighted by molar-refractivity contribution is -0.137. The van der Waals surface area contributed by atoms with E-state index in [1.807, 2.05) is 0 Å². The smallest absolute Gasteiger partial charge is 0.303 e. The van der Waals surface area contributed by atoms with Gasteiger partial charge in [-0.15, -0.1) is 0 Å². The van der Waals surface area contributed by atoms with Gasteiger partial charge in [0.2, 0.25) is 0 Å². The Balaban J connectivity index is 1.98. The molecular formula is C10H16O2. The number of hydrogen-bond acceptors (Lipinski definition) is 1. The molecule has 0 aliphatic heterocycles. The second kappa shape index (κ2) is 4.96. The van der Waals surface area contributed by atoms with Crippen molar-refractivity contribution >= 4 is 5.97 Å². The van der Waals surface area contributed by atoms with E-state index < -0.39 is 5.97 Å². The first-order valence-corrected chi connectivity index (χ1v) is 4.69. The first kappa shape index (κ1) is 9.30. The fourth-order valence-corrected chi connectivity index (χ4v) is 1.59. The highest BCUT2D eigenvalue weighted by atomic mass is 16.4. The average Bonchev–Trinajstić information content (AvgIpc) is 2.49. The van der Waals surface area contributed by atoms with Crippen LogP contribution in [0.3, 0.4) is 0 Å². The van der Waals surface area contributed by atoms with E-state index in [0.29, 0.717) is 6.42 Å². The number of aliphatic carboxylic acids is 1. The first-order chi connectivity index (χ1) is 5.79. The zero-order chi connectivity index (χ0) is 8.81. The molecule has 0 aromatic rings. The van der Waals surface area contributed by atoms with Gasteiger partial charge in [0.1, 0.15) is 0 Å². The summed E-state index contributed by atoms with van der Waals surface area (Å²) in [5.41, 5.74) is 1.54. The SMILES string of the molecule is O=C(O)CCCCC1=CCCC1. The van der Waals surface area contributed by atoms with Gasteiger partial charge < -0.3 is 5.11 Å². The molecule has 1 aliphatic rings. The lowest BCUT2D eigenvalue weighted by atomic mass is 10.1. The number of unbranched alkanes of at least 4 members (excludes halogenated alkanes) is 1. The molecule has 1 N–H and O–H groups in total. The summed E-state index contributed by atoms with van der Waals surface area (Å²) in [4.78, 5) is 10.2. The molecule has 0 fully saturated rings. The van der Waals surface area contributed by atoms with Crippen molar-refractivity contribution < 1.29 is 9.90 Å². The minimum absolute atomic E-state index is 0.327. The molecule has 0 spiro atoms. The second-order valence-electron chi connectivity index (χ2n) is 3.36. The van der Waals surface area contributed by atoms with E-state index in [1.54, 1.807) is 5.57 Å². The Morgan fingerprint density at radius 1 is 1.50 bits per heavy atom. The molecule has 0 aromatic heterocycles. The summed E-state index contributed by atoms with van der Waals surface area (Å²) < 4.78 is 0. The van der Waals surface area contributed by atoms with Crippen LogP contribution in [-0.4, -0.2) is 11.1 Å². The van der Waals surface area contributed by atoms with Crippen molar-refractivity contribution in [3.8, 4) is 0 Å². The Morgan fingerprint density at radius 2 is 2.33 bits per heavy atom. The Bertz CT molecular complexity index is 182. The molecule has 0 heterocycles. The van der Waals surface area contributed by atoms with Crippen LogP contribution in [0.25, 0.3) is 0 Å². The number of carboxylic acid groups (broad SMARTS) is 1. The summed E-state index contributed by atoms with van der Waals surface area (Å²) >= 11 is 0. The quantitative estimate of drug-likeness (QED) is 0.506.